The van der Waals surface area contributed by atoms with Crippen LogP contribution in [-0.4, -0.2) is 7.11 Å². The van der Waals surface area contributed by atoms with Crippen molar-refractivity contribution in [1.82, 2.24) is 0 Å². The molecule has 0 atom stereocenters. The maximum atomic E-state index is 12.9. The molecule has 0 heterocycles. The predicted octanol–water partition coefficient (Wildman–Crippen LogP) is 4.05. The molecule has 0 radical (unpaired) electrons. The van der Waals surface area contributed by atoms with E-state index in [1.807, 2.05) is 24.3 Å². The number of halogens is 2. The first-order valence-corrected chi connectivity index (χ1v) is 6.59. The first-order valence-electron chi connectivity index (χ1n) is 5.51. The van der Waals surface area contributed by atoms with E-state index in [1.54, 1.807) is 13.2 Å². The summed E-state index contributed by atoms with van der Waals surface area (Å²) in [6.07, 6.45) is 0. The van der Waals surface area contributed by atoms with Crippen molar-refractivity contribution < 1.29 is 9.13 Å². The van der Waals surface area contributed by atoms with Crippen molar-refractivity contribution in [2.75, 3.05) is 12.4 Å². The average Bonchev–Trinajstić information content (AvgIpc) is 2.38. The summed E-state index contributed by atoms with van der Waals surface area (Å²) in [4.78, 5) is 0. The summed E-state index contributed by atoms with van der Waals surface area (Å²) in [6.45, 7) is 0.700. The fourth-order valence-electron chi connectivity index (χ4n) is 1.57. The SMILES string of the molecule is COc1ccc(CNc2ccc(F)cc2I)cc1. The highest BCUT2D eigenvalue weighted by Gasteiger charge is 2.01. The van der Waals surface area contributed by atoms with Crippen molar-refractivity contribution >= 4 is 28.3 Å². The van der Waals surface area contributed by atoms with Crippen molar-refractivity contribution in [3.8, 4) is 5.75 Å². The summed E-state index contributed by atoms with van der Waals surface area (Å²) in [6, 6.07) is 12.6. The van der Waals surface area contributed by atoms with E-state index in [1.165, 1.54) is 12.1 Å². The van der Waals surface area contributed by atoms with Gasteiger partial charge in [-0.1, -0.05) is 12.1 Å². The third-order valence-electron chi connectivity index (χ3n) is 2.57. The predicted molar refractivity (Wildman–Crippen MR) is 79.4 cm³/mol. The summed E-state index contributed by atoms with van der Waals surface area (Å²) in [5, 5.41) is 3.28. The van der Waals surface area contributed by atoms with Crippen molar-refractivity contribution in [3.05, 3.63) is 57.4 Å². The van der Waals surface area contributed by atoms with Crippen molar-refractivity contribution in [2.45, 2.75) is 6.54 Å². The molecule has 2 aromatic carbocycles. The van der Waals surface area contributed by atoms with Gasteiger partial charge in [-0.3, -0.25) is 0 Å². The Bertz CT molecular complexity index is 528. The Labute approximate surface area is 119 Å². The van der Waals surface area contributed by atoms with Crippen LogP contribution in [-0.2, 0) is 6.54 Å². The number of rotatable bonds is 4. The molecule has 0 aliphatic rings. The second-order valence-corrected chi connectivity index (χ2v) is 4.99. The molecule has 94 valence electrons. The summed E-state index contributed by atoms with van der Waals surface area (Å²) in [5.74, 6) is 0.629. The topological polar surface area (TPSA) is 21.3 Å². The Kier molecular flexibility index (Phi) is 4.41. The van der Waals surface area contributed by atoms with Crippen LogP contribution in [0.5, 0.6) is 5.75 Å². The third-order valence-corrected chi connectivity index (χ3v) is 3.47. The summed E-state index contributed by atoms with van der Waals surface area (Å²) in [7, 11) is 1.65. The van der Waals surface area contributed by atoms with Gasteiger partial charge in [-0.05, 0) is 58.5 Å². The van der Waals surface area contributed by atoms with E-state index < -0.39 is 0 Å². The van der Waals surface area contributed by atoms with E-state index in [0.29, 0.717) is 6.54 Å². The summed E-state index contributed by atoms with van der Waals surface area (Å²) >= 11 is 2.12. The second-order valence-electron chi connectivity index (χ2n) is 3.83. The first-order chi connectivity index (χ1) is 8.69. The molecule has 0 saturated carbocycles. The fraction of sp³-hybridized carbons (Fsp3) is 0.143. The number of ether oxygens (including phenoxy) is 1. The molecule has 4 heteroatoms. The van der Waals surface area contributed by atoms with Gasteiger partial charge >= 0.3 is 0 Å². The van der Waals surface area contributed by atoms with E-state index in [2.05, 4.69) is 27.9 Å². The minimum Gasteiger partial charge on any atom is -0.497 e. The quantitative estimate of drug-likeness (QED) is 0.834. The Morgan fingerprint density at radius 3 is 2.50 bits per heavy atom. The maximum absolute atomic E-state index is 12.9. The van der Waals surface area contributed by atoms with Crippen LogP contribution in [0.4, 0.5) is 10.1 Å². The normalized spacial score (nSPS) is 10.2. The van der Waals surface area contributed by atoms with Crippen LogP contribution >= 0.6 is 22.6 Å². The molecule has 0 aliphatic heterocycles. The van der Waals surface area contributed by atoms with E-state index in [0.717, 1.165) is 20.6 Å². The molecule has 0 saturated heterocycles. The standard InChI is InChI=1S/C14H13FINO/c1-18-12-5-2-10(3-6-12)9-17-14-7-4-11(15)8-13(14)16/h2-8,17H,9H2,1H3. The first kappa shape index (κ1) is 13.1. The molecule has 0 unspecified atom stereocenters. The maximum Gasteiger partial charge on any atom is 0.124 e. The lowest BCUT2D eigenvalue weighted by atomic mass is 10.2. The Balaban J connectivity index is 2.02. The summed E-state index contributed by atoms with van der Waals surface area (Å²) < 4.78 is 18.9. The zero-order chi connectivity index (χ0) is 13.0. The molecule has 1 N–H and O–H groups in total. The van der Waals surface area contributed by atoms with Crippen LogP contribution in [0, 0.1) is 9.39 Å². The van der Waals surface area contributed by atoms with E-state index in [-0.39, 0.29) is 5.82 Å². The van der Waals surface area contributed by atoms with E-state index in [9.17, 15) is 4.39 Å². The average molecular weight is 357 g/mol. The highest BCUT2D eigenvalue weighted by molar-refractivity contribution is 14.1. The lowest BCUT2D eigenvalue weighted by molar-refractivity contribution is 0.414. The van der Waals surface area contributed by atoms with Crippen LogP contribution in [0.25, 0.3) is 0 Å². The molecule has 18 heavy (non-hydrogen) atoms. The van der Waals surface area contributed by atoms with Gasteiger partial charge in [-0.15, -0.1) is 0 Å². The van der Waals surface area contributed by atoms with Crippen LogP contribution in [0.2, 0.25) is 0 Å². The zero-order valence-electron chi connectivity index (χ0n) is 9.91. The van der Waals surface area contributed by atoms with Crippen LogP contribution in [0.3, 0.4) is 0 Å². The monoisotopic (exact) mass is 357 g/mol. The highest BCUT2D eigenvalue weighted by atomic mass is 127. The lowest BCUT2D eigenvalue weighted by Gasteiger charge is -2.09. The minimum absolute atomic E-state index is 0.214. The molecule has 2 nitrogen and oxygen atoms in total. The largest absolute Gasteiger partial charge is 0.497 e. The van der Waals surface area contributed by atoms with Gasteiger partial charge in [0.1, 0.15) is 11.6 Å². The van der Waals surface area contributed by atoms with E-state index >= 15 is 0 Å². The molecular weight excluding hydrogens is 344 g/mol. The third kappa shape index (κ3) is 3.35. The number of anilines is 1. The van der Waals surface area contributed by atoms with Gasteiger partial charge < -0.3 is 10.1 Å². The number of benzene rings is 2. The second kappa shape index (κ2) is 6.04. The number of methoxy groups -OCH3 is 1. The van der Waals surface area contributed by atoms with E-state index in [4.69, 9.17) is 4.74 Å². The van der Waals surface area contributed by atoms with Crippen molar-refractivity contribution in [1.29, 1.82) is 0 Å². The van der Waals surface area contributed by atoms with Gasteiger partial charge in [0.2, 0.25) is 0 Å². The van der Waals surface area contributed by atoms with Gasteiger partial charge in [-0.25, -0.2) is 4.39 Å². The Morgan fingerprint density at radius 2 is 1.89 bits per heavy atom. The molecule has 2 aromatic rings. The molecular formula is C14H13FINO. The molecule has 0 aromatic heterocycles. The number of nitrogens with one attached hydrogen (secondary N) is 1. The molecule has 0 bridgehead atoms. The zero-order valence-corrected chi connectivity index (χ0v) is 12.1. The smallest absolute Gasteiger partial charge is 0.124 e. The Hall–Kier alpha value is -1.30. The van der Waals surface area contributed by atoms with Crippen molar-refractivity contribution in [3.63, 3.8) is 0 Å². The number of hydrogen-bond acceptors (Lipinski definition) is 2. The van der Waals surface area contributed by atoms with Gasteiger partial charge in [0, 0.05) is 15.8 Å². The minimum atomic E-state index is -0.214. The Morgan fingerprint density at radius 1 is 1.17 bits per heavy atom. The van der Waals surface area contributed by atoms with Gasteiger partial charge in [0.05, 0.1) is 7.11 Å². The molecule has 2 rings (SSSR count). The van der Waals surface area contributed by atoms with Crippen LogP contribution in [0.1, 0.15) is 5.56 Å². The molecule has 0 aliphatic carbocycles. The lowest BCUT2D eigenvalue weighted by Crippen LogP contribution is -2.01. The molecule has 0 amide bonds. The van der Waals surface area contributed by atoms with Crippen molar-refractivity contribution in [2.24, 2.45) is 0 Å². The van der Waals surface area contributed by atoms with Gasteiger partial charge in [0.25, 0.3) is 0 Å². The highest BCUT2D eigenvalue weighted by Crippen LogP contribution is 2.20. The molecule has 0 fully saturated rings. The van der Waals surface area contributed by atoms with Crippen LogP contribution in [0.15, 0.2) is 42.5 Å². The van der Waals surface area contributed by atoms with Crippen LogP contribution < -0.4 is 10.1 Å². The molecule has 0 spiro atoms. The fourth-order valence-corrected chi connectivity index (χ4v) is 2.24. The van der Waals surface area contributed by atoms with Gasteiger partial charge in [-0.2, -0.15) is 0 Å². The summed E-state index contributed by atoms with van der Waals surface area (Å²) in [5.41, 5.74) is 2.09. The number of hydrogen-bond donors (Lipinski definition) is 1. The van der Waals surface area contributed by atoms with Gasteiger partial charge in [0.15, 0.2) is 0 Å².